The summed E-state index contributed by atoms with van der Waals surface area (Å²) in [6.45, 7) is 1.40. The van der Waals surface area contributed by atoms with Gasteiger partial charge in [0.25, 0.3) is 10.1 Å². The second-order valence-electron chi connectivity index (χ2n) is 13.2. The zero-order valence-electron chi connectivity index (χ0n) is 32.4. The van der Waals surface area contributed by atoms with Crippen molar-refractivity contribution in [2.75, 3.05) is 26.1 Å². The smallest absolute Gasteiger partial charge is 0.419 e. The number of aromatic nitrogens is 8. The first-order valence-electron chi connectivity index (χ1n) is 17.7. The molecule has 0 bridgehead atoms. The number of alkyl halides is 6. The summed E-state index contributed by atoms with van der Waals surface area (Å²) in [5.74, 6) is 0.00141. The van der Waals surface area contributed by atoms with E-state index < -0.39 is 52.6 Å². The van der Waals surface area contributed by atoms with Gasteiger partial charge in [-0.25, -0.2) is 24.9 Å². The van der Waals surface area contributed by atoms with Crippen LogP contribution in [0.25, 0.3) is 44.6 Å². The minimum Gasteiger partial charge on any atom is -0.491 e. The van der Waals surface area contributed by atoms with Crippen LogP contribution in [-0.4, -0.2) is 73.1 Å². The van der Waals surface area contributed by atoms with E-state index in [4.69, 9.17) is 9.47 Å². The summed E-state index contributed by atoms with van der Waals surface area (Å²) >= 11 is 0. The predicted molar refractivity (Wildman–Crippen MR) is 206 cm³/mol. The normalized spacial score (nSPS) is 11.9. The van der Waals surface area contributed by atoms with Gasteiger partial charge in [0.2, 0.25) is 0 Å². The molecule has 316 valence electrons. The quantitative estimate of drug-likeness (QED) is 0.0738. The number of aryl methyl sites for hydroxylation is 3. The Labute approximate surface area is 343 Å². The highest BCUT2D eigenvalue weighted by Gasteiger charge is 2.36. The molecule has 22 heteroatoms. The zero-order valence-corrected chi connectivity index (χ0v) is 33.3. The molecule has 0 amide bonds. The second-order valence-corrected chi connectivity index (χ2v) is 14.8. The van der Waals surface area contributed by atoms with Crippen molar-refractivity contribution in [3.8, 4) is 46.2 Å². The summed E-state index contributed by atoms with van der Waals surface area (Å²) in [7, 11) is -0.299. The van der Waals surface area contributed by atoms with Crippen molar-refractivity contribution in [2.24, 2.45) is 14.1 Å². The first-order chi connectivity index (χ1) is 28.8. The Bertz CT molecular complexity index is 2950. The van der Waals surface area contributed by atoms with E-state index in [0.29, 0.717) is 28.6 Å². The largest absolute Gasteiger partial charge is 0.491 e. The van der Waals surface area contributed by atoms with Crippen LogP contribution in [0.1, 0.15) is 28.3 Å². The maximum atomic E-state index is 13.7. The number of nitriles is 2. The summed E-state index contributed by atoms with van der Waals surface area (Å²) < 4.78 is 124. The molecule has 0 unspecified atom stereocenters. The molecule has 0 aliphatic heterocycles. The molecule has 0 saturated heterocycles. The van der Waals surface area contributed by atoms with Gasteiger partial charge in [0.15, 0.2) is 11.4 Å². The maximum absolute atomic E-state index is 13.7. The Hall–Kier alpha value is -7.04. The molecule has 0 fully saturated rings. The fourth-order valence-corrected chi connectivity index (χ4v) is 6.38. The number of halogens is 6. The van der Waals surface area contributed by atoms with Gasteiger partial charge in [-0.2, -0.15) is 45.3 Å². The van der Waals surface area contributed by atoms with E-state index in [2.05, 4.69) is 29.1 Å². The van der Waals surface area contributed by atoms with Crippen LogP contribution in [0.2, 0.25) is 0 Å². The van der Waals surface area contributed by atoms with Crippen LogP contribution < -0.4 is 9.47 Å². The molecule has 0 radical (unpaired) electrons. The van der Waals surface area contributed by atoms with E-state index in [1.54, 1.807) is 59.2 Å². The van der Waals surface area contributed by atoms with Gasteiger partial charge in [-0.1, -0.05) is 0 Å². The molecule has 0 atom stereocenters. The molecular weight excluding hydrogens is 835 g/mol. The summed E-state index contributed by atoms with van der Waals surface area (Å²) in [6, 6.07) is 14.1. The van der Waals surface area contributed by atoms with Crippen LogP contribution in [0.15, 0.2) is 73.6 Å². The van der Waals surface area contributed by atoms with Crippen LogP contribution >= 0.6 is 0 Å². The number of imidazole rings is 3. The first-order valence-corrected chi connectivity index (χ1v) is 19.5. The van der Waals surface area contributed by atoms with Gasteiger partial charge in [0.05, 0.1) is 59.0 Å². The SMILES string of the molecule is Cc1nccn1CCOc1ccc(-c2cc3c(ncn3C)c(C#N)n2)cc1C(F)(F)F.Cn1cnc2c(C#N)nc(-c3ccc(OCCOS(C)(=O)=O)c(C(F)(F)F)c3)cc21. The van der Waals surface area contributed by atoms with E-state index in [1.807, 2.05) is 12.1 Å². The highest BCUT2D eigenvalue weighted by molar-refractivity contribution is 7.85. The molecular formula is C39H32F6N10O5S. The van der Waals surface area contributed by atoms with Gasteiger partial charge in [0.1, 0.15) is 60.3 Å². The Balaban J connectivity index is 0.000000204. The molecule has 0 saturated carbocycles. The topological polar surface area (TPSA) is 189 Å². The number of pyridine rings is 2. The van der Waals surface area contributed by atoms with Gasteiger partial charge in [-0.15, -0.1) is 0 Å². The minimum absolute atomic E-state index is 0.00471. The third kappa shape index (κ3) is 10.1. The van der Waals surface area contributed by atoms with Crippen molar-refractivity contribution < 1.29 is 48.4 Å². The van der Waals surface area contributed by atoms with Gasteiger partial charge in [0, 0.05) is 37.6 Å². The summed E-state index contributed by atoms with van der Waals surface area (Å²) in [5.41, 5.74) is 0.750. The third-order valence-electron chi connectivity index (χ3n) is 8.95. The molecule has 7 aromatic rings. The number of ether oxygens (including phenoxy) is 2. The fraction of sp³-hybridized carbons (Fsp3) is 0.256. The number of benzene rings is 2. The van der Waals surface area contributed by atoms with Crippen molar-refractivity contribution in [3.05, 3.63) is 102 Å². The van der Waals surface area contributed by atoms with Crippen molar-refractivity contribution in [1.29, 1.82) is 10.5 Å². The van der Waals surface area contributed by atoms with E-state index in [0.717, 1.165) is 30.3 Å². The number of nitrogens with zero attached hydrogens (tertiary/aromatic N) is 10. The molecule has 7 rings (SSSR count). The monoisotopic (exact) mass is 866 g/mol. The van der Waals surface area contributed by atoms with E-state index in [1.165, 1.54) is 30.9 Å². The average molecular weight is 867 g/mol. The van der Waals surface area contributed by atoms with Gasteiger partial charge in [-0.3, -0.25) is 4.18 Å². The second kappa shape index (κ2) is 17.3. The van der Waals surface area contributed by atoms with Crippen molar-refractivity contribution >= 4 is 32.2 Å². The molecule has 5 heterocycles. The standard InChI is InChI=1S/C21H17F3N6O.C18H15F3N4O4S/c1-13-26-5-6-30(13)7-8-31-19-4-3-14(9-15(19)21(22,23)24)16-10-18-20(17(11-25)28-16)27-12-29(18)2;1-25-10-23-17-14(9-22)24-13(8-15(17)25)11-3-4-16(12(7-11)18(19,20)21)28-5-6-29-30(2,26)27/h3-6,9-10,12H,7-8H2,1-2H3;3-4,7-8,10H,5-6H2,1-2H3. The molecule has 15 nitrogen and oxygen atoms in total. The van der Waals surface area contributed by atoms with Crippen LogP contribution in [-0.2, 0) is 47.3 Å². The third-order valence-corrected chi connectivity index (χ3v) is 9.55. The zero-order chi connectivity index (χ0) is 44.3. The van der Waals surface area contributed by atoms with E-state index in [-0.39, 0.29) is 46.3 Å². The molecule has 0 spiro atoms. The average Bonchev–Trinajstić information content (AvgIpc) is 3.92. The Kier molecular flexibility index (Phi) is 12.3. The predicted octanol–water partition coefficient (Wildman–Crippen LogP) is 6.99. The van der Waals surface area contributed by atoms with E-state index in [9.17, 15) is 45.3 Å². The Morgan fingerprint density at radius 1 is 0.705 bits per heavy atom. The van der Waals surface area contributed by atoms with Crippen LogP contribution in [0.5, 0.6) is 11.5 Å². The lowest BCUT2D eigenvalue weighted by atomic mass is 10.1. The van der Waals surface area contributed by atoms with Gasteiger partial charge < -0.3 is 23.2 Å². The molecule has 0 aliphatic rings. The van der Waals surface area contributed by atoms with Crippen molar-refractivity contribution in [3.63, 3.8) is 0 Å². The number of hydrogen-bond donors (Lipinski definition) is 0. The van der Waals surface area contributed by atoms with Gasteiger partial charge >= 0.3 is 12.4 Å². The van der Waals surface area contributed by atoms with Crippen molar-refractivity contribution in [2.45, 2.75) is 25.8 Å². The van der Waals surface area contributed by atoms with Gasteiger partial charge in [-0.05, 0) is 55.5 Å². The lowest BCUT2D eigenvalue weighted by Crippen LogP contribution is -2.14. The lowest BCUT2D eigenvalue weighted by Gasteiger charge is -2.16. The number of rotatable bonds is 11. The van der Waals surface area contributed by atoms with Crippen LogP contribution in [0, 0.1) is 29.6 Å². The lowest BCUT2D eigenvalue weighted by molar-refractivity contribution is -0.139. The van der Waals surface area contributed by atoms with Crippen molar-refractivity contribution in [1.82, 2.24) is 38.6 Å². The minimum atomic E-state index is -4.74. The molecule has 2 aromatic carbocycles. The first kappa shape index (κ1) is 43.5. The highest BCUT2D eigenvalue weighted by atomic mass is 32.2. The number of fused-ring (bicyclic) bond motifs is 2. The fourth-order valence-electron chi connectivity index (χ4n) is 6.01. The number of hydrogen-bond acceptors (Lipinski definition) is 12. The van der Waals surface area contributed by atoms with Crippen LogP contribution in [0.3, 0.4) is 0 Å². The molecule has 61 heavy (non-hydrogen) atoms. The van der Waals surface area contributed by atoms with Crippen LogP contribution in [0.4, 0.5) is 26.3 Å². The summed E-state index contributed by atoms with van der Waals surface area (Å²) in [4.78, 5) is 20.6. The Morgan fingerprint density at radius 2 is 1.18 bits per heavy atom. The summed E-state index contributed by atoms with van der Waals surface area (Å²) in [5, 5.41) is 18.7. The molecule has 0 aliphatic carbocycles. The molecule has 0 N–H and O–H groups in total. The maximum Gasteiger partial charge on any atom is 0.419 e. The summed E-state index contributed by atoms with van der Waals surface area (Å²) in [6.07, 6.45) is -2.18. The highest BCUT2D eigenvalue weighted by Crippen LogP contribution is 2.40. The Morgan fingerprint density at radius 3 is 1.59 bits per heavy atom. The molecule has 5 aromatic heterocycles. The van der Waals surface area contributed by atoms with E-state index >= 15 is 0 Å².